The van der Waals surface area contributed by atoms with Gasteiger partial charge in [-0.2, -0.15) is 0 Å². The molecule has 0 aromatic heterocycles. The van der Waals surface area contributed by atoms with E-state index in [-0.39, 0.29) is 0 Å². The van der Waals surface area contributed by atoms with Crippen molar-refractivity contribution in [1.29, 1.82) is 0 Å². The van der Waals surface area contributed by atoms with Crippen LogP contribution in [0.5, 0.6) is 0 Å². The first-order valence-corrected chi connectivity index (χ1v) is 17.8. The van der Waals surface area contributed by atoms with E-state index < -0.39 is 11.3 Å². The molecule has 194 valence electrons. The minimum absolute atomic E-state index is 0.301. The average Bonchev–Trinajstić information content (AvgIpc) is 2.86. The molecule has 0 aliphatic heterocycles. The van der Waals surface area contributed by atoms with Gasteiger partial charge in [-0.15, -0.1) is 0 Å². The molecule has 0 aliphatic carbocycles. The van der Waals surface area contributed by atoms with E-state index in [1.165, 1.54) is 58.3 Å². The number of aliphatic carboxylic acids is 1. The van der Waals surface area contributed by atoms with Gasteiger partial charge >= 0.3 is 227 Å². The van der Waals surface area contributed by atoms with Gasteiger partial charge in [0.2, 0.25) is 0 Å². The number of carboxylic acids is 1. The minimum atomic E-state index is -2.85. The fourth-order valence-electron chi connectivity index (χ4n) is 5.15. The van der Waals surface area contributed by atoms with E-state index in [1.54, 1.807) is 0 Å². The zero-order valence-corrected chi connectivity index (χ0v) is 24.7. The summed E-state index contributed by atoms with van der Waals surface area (Å²) in [6, 6.07) is 27.6. The van der Waals surface area contributed by atoms with E-state index >= 15 is 0 Å². The van der Waals surface area contributed by atoms with Gasteiger partial charge in [-0.05, 0) is 0 Å². The zero-order valence-electron chi connectivity index (χ0n) is 22.2. The molecule has 0 saturated carbocycles. The first-order chi connectivity index (χ1) is 17.2. The number of halogens is 1. The van der Waals surface area contributed by atoms with Crippen LogP contribution < -0.4 is 15.9 Å². The molecular weight excluding hydrogens is 527 g/mol. The summed E-state index contributed by atoms with van der Waals surface area (Å²) in [6.45, 7) is 6.48. The van der Waals surface area contributed by atoms with Gasteiger partial charge in [0, 0.05) is 0 Å². The number of unbranched alkanes of at least 4 members (excludes halogenated alkanes) is 7. The monoisotopic (exact) mass is 568 g/mol. The Morgan fingerprint density at radius 2 is 0.889 bits per heavy atom. The molecule has 2 nitrogen and oxygen atoms in total. The van der Waals surface area contributed by atoms with Crippen LogP contribution in [0.3, 0.4) is 0 Å². The standard InChI is InChI=1S/C32H42BrO2P/c1-26-13-19-29(20-14-26)36(33,30-21-15-27(2)16-22-30,31-23-17-28(3)18-24-31)25-11-9-7-5-4-6-8-10-12-32(34)35/h13-24H,4-12,25H2,1-3H3,(H,34,35). The van der Waals surface area contributed by atoms with Gasteiger partial charge in [0.15, 0.2) is 0 Å². The number of carbonyl (C=O) groups is 1. The molecule has 36 heavy (non-hydrogen) atoms. The van der Waals surface area contributed by atoms with Crippen molar-refractivity contribution in [3.8, 4) is 0 Å². The van der Waals surface area contributed by atoms with Gasteiger partial charge in [-0.1, -0.05) is 0 Å². The fraction of sp³-hybridized carbons (Fsp3) is 0.406. The number of aryl methyl sites for hydroxylation is 3. The molecule has 0 spiro atoms. The van der Waals surface area contributed by atoms with Crippen molar-refractivity contribution in [2.24, 2.45) is 0 Å². The summed E-state index contributed by atoms with van der Waals surface area (Å²) in [5.41, 5.74) is 3.85. The SMILES string of the molecule is Cc1ccc(P(Br)(CCCCCCCCCCC(=O)O)(c2ccc(C)cc2)c2ccc(C)cc2)cc1. The summed E-state index contributed by atoms with van der Waals surface area (Å²) in [4.78, 5) is 10.7. The molecule has 0 heterocycles. The van der Waals surface area contributed by atoms with Crippen LogP contribution in [0.25, 0.3) is 0 Å². The first-order valence-electron chi connectivity index (χ1n) is 13.4. The van der Waals surface area contributed by atoms with Gasteiger partial charge in [0.05, 0.1) is 0 Å². The maximum atomic E-state index is 10.7. The van der Waals surface area contributed by atoms with Gasteiger partial charge in [-0.3, -0.25) is 0 Å². The zero-order chi connectivity index (χ0) is 26.0. The molecule has 0 saturated heterocycles. The Hall–Kier alpha value is -1.96. The van der Waals surface area contributed by atoms with Crippen LogP contribution in [-0.4, -0.2) is 17.2 Å². The number of benzene rings is 3. The molecule has 0 amide bonds. The van der Waals surface area contributed by atoms with Crippen LogP contribution in [0.2, 0.25) is 0 Å². The van der Waals surface area contributed by atoms with Crippen LogP contribution in [0.15, 0.2) is 72.8 Å². The van der Waals surface area contributed by atoms with Crippen LogP contribution in [0.4, 0.5) is 0 Å². The molecule has 1 N–H and O–H groups in total. The van der Waals surface area contributed by atoms with Crippen molar-refractivity contribution in [1.82, 2.24) is 0 Å². The van der Waals surface area contributed by atoms with E-state index in [9.17, 15) is 4.79 Å². The van der Waals surface area contributed by atoms with Gasteiger partial charge in [-0.25, -0.2) is 0 Å². The summed E-state index contributed by atoms with van der Waals surface area (Å²) in [5, 5.41) is 10.1. The molecular formula is C32H42BrO2P. The summed E-state index contributed by atoms with van der Waals surface area (Å²) < 4.78 is 0. The normalized spacial score (nSPS) is 12.7. The Bertz CT molecular complexity index is 991. The topological polar surface area (TPSA) is 37.3 Å². The second-order valence-electron chi connectivity index (χ2n) is 10.4. The second-order valence-corrected chi connectivity index (χ2v) is 19.4. The maximum absolute atomic E-state index is 10.7. The van der Waals surface area contributed by atoms with Crippen molar-refractivity contribution in [2.45, 2.75) is 78.6 Å². The van der Waals surface area contributed by atoms with E-state index in [1.807, 2.05) is 0 Å². The number of hydrogen-bond acceptors (Lipinski definition) is 1. The molecule has 4 heteroatoms. The van der Waals surface area contributed by atoms with Crippen LogP contribution in [-0.2, 0) is 4.79 Å². The average molecular weight is 570 g/mol. The van der Waals surface area contributed by atoms with Crippen molar-refractivity contribution in [3.63, 3.8) is 0 Å². The van der Waals surface area contributed by atoms with E-state index in [0.29, 0.717) is 6.42 Å². The van der Waals surface area contributed by atoms with Crippen LogP contribution in [0, 0.1) is 20.8 Å². The second kappa shape index (κ2) is 13.0. The number of hydrogen-bond donors (Lipinski definition) is 1. The van der Waals surface area contributed by atoms with Crippen LogP contribution in [0.1, 0.15) is 74.5 Å². The van der Waals surface area contributed by atoms with E-state index in [0.717, 1.165) is 31.8 Å². The first kappa shape index (κ1) is 28.6. The third-order valence-electron chi connectivity index (χ3n) is 7.44. The van der Waals surface area contributed by atoms with Gasteiger partial charge in [0.25, 0.3) is 0 Å². The predicted molar refractivity (Wildman–Crippen MR) is 162 cm³/mol. The summed E-state index contributed by atoms with van der Waals surface area (Å²) in [6.07, 6.45) is 10.4. The van der Waals surface area contributed by atoms with Gasteiger partial charge in [0.1, 0.15) is 0 Å². The van der Waals surface area contributed by atoms with Crippen molar-refractivity contribution < 1.29 is 9.90 Å². The van der Waals surface area contributed by atoms with Crippen molar-refractivity contribution in [3.05, 3.63) is 89.5 Å². The number of rotatable bonds is 14. The molecule has 0 radical (unpaired) electrons. The van der Waals surface area contributed by atoms with Crippen molar-refractivity contribution in [2.75, 3.05) is 6.16 Å². The van der Waals surface area contributed by atoms with Gasteiger partial charge < -0.3 is 0 Å². The van der Waals surface area contributed by atoms with Crippen LogP contribution >= 0.6 is 20.8 Å². The third kappa shape index (κ3) is 6.87. The molecule has 3 aromatic carbocycles. The quantitative estimate of drug-likeness (QED) is 0.157. The Morgan fingerprint density at radius 3 is 1.22 bits per heavy atom. The molecule has 0 bridgehead atoms. The molecule has 3 rings (SSSR count). The summed E-state index contributed by atoms with van der Waals surface area (Å²) >= 11 is 4.60. The molecule has 0 aliphatic rings. The predicted octanol–water partition coefficient (Wildman–Crippen LogP) is 8.35. The summed E-state index contributed by atoms with van der Waals surface area (Å²) in [7, 11) is 0. The van der Waals surface area contributed by atoms with E-state index in [2.05, 4.69) is 109 Å². The third-order valence-corrected chi connectivity index (χ3v) is 17.5. The molecule has 0 fully saturated rings. The molecule has 3 aromatic rings. The van der Waals surface area contributed by atoms with E-state index in [4.69, 9.17) is 5.11 Å². The fourth-order valence-corrected chi connectivity index (χ4v) is 12.8. The Labute approximate surface area is 226 Å². The molecule has 0 atom stereocenters. The van der Waals surface area contributed by atoms with Crippen molar-refractivity contribution >= 4 is 42.7 Å². The number of carboxylic acid groups (broad SMARTS) is 1. The Morgan fingerprint density at radius 1 is 0.583 bits per heavy atom. The Balaban J connectivity index is 1.84. The Kier molecular flexibility index (Phi) is 10.3. The summed E-state index contributed by atoms with van der Waals surface area (Å²) in [5.74, 6) is -0.679. The molecule has 0 unspecified atom stereocenters.